The zero-order chi connectivity index (χ0) is 29.0. The summed E-state index contributed by atoms with van der Waals surface area (Å²) in [6.07, 6.45) is 7.91. The average Bonchev–Trinajstić information content (AvgIpc) is 2.83. The Morgan fingerprint density at radius 1 is 0.974 bits per heavy atom. The predicted octanol–water partition coefficient (Wildman–Crippen LogP) is 5.83. The Labute approximate surface area is 235 Å². The van der Waals surface area contributed by atoms with Crippen LogP contribution < -0.4 is 0 Å². The lowest BCUT2D eigenvalue weighted by Crippen LogP contribution is -2.69. The summed E-state index contributed by atoms with van der Waals surface area (Å²) in [4.78, 5) is 25.4. The van der Waals surface area contributed by atoms with Crippen molar-refractivity contribution < 1.29 is 29.3 Å². The highest BCUT2D eigenvalue weighted by molar-refractivity contribution is 5.79. The number of rotatable bonds is 2. The Kier molecular flexibility index (Phi) is 6.57. The summed E-state index contributed by atoms with van der Waals surface area (Å²) >= 11 is 0. The highest BCUT2D eigenvalue weighted by atomic mass is 16.6. The van der Waals surface area contributed by atoms with Crippen LogP contribution in [-0.2, 0) is 19.1 Å². The molecule has 0 aromatic carbocycles. The predicted molar refractivity (Wildman–Crippen MR) is 149 cm³/mol. The number of methoxy groups -OCH3 is 1. The second kappa shape index (κ2) is 8.80. The SMILES string of the molecule is COC(=O)C12CCC(C)C(C)(O)C1C1=CCC3C4(C)CC(O)C(OC(C)=O)C(C)(C)C4CCC3(C)C1(C)CC2. The molecule has 11 unspecified atom stereocenters. The van der Waals surface area contributed by atoms with Gasteiger partial charge in [-0.1, -0.05) is 53.2 Å². The molecule has 0 heterocycles. The van der Waals surface area contributed by atoms with Gasteiger partial charge in [-0.2, -0.15) is 0 Å². The highest BCUT2D eigenvalue weighted by Gasteiger charge is 2.72. The summed E-state index contributed by atoms with van der Waals surface area (Å²) in [5.41, 5.74) is -1.10. The third-order valence-electron chi connectivity index (χ3n) is 13.8. The van der Waals surface area contributed by atoms with Crippen LogP contribution in [0.3, 0.4) is 0 Å². The molecule has 0 aliphatic heterocycles. The fourth-order valence-electron chi connectivity index (χ4n) is 11.6. The first-order valence-electron chi connectivity index (χ1n) is 15.3. The molecule has 5 aliphatic rings. The molecule has 6 heteroatoms. The first-order chi connectivity index (χ1) is 17.9. The molecule has 2 N–H and O–H groups in total. The summed E-state index contributed by atoms with van der Waals surface area (Å²) < 4.78 is 11.2. The van der Waals surface area contributed by atoms with E-state index >= 15 is 0 Å². The van der Waals surface area contributed by atoms with Crippen LogP contribution in [0, 0.1) is 50.7 Å². The highest BCUT2D eigenvalue weighted by Crippen LogP contribution is 2.76. The molecule has 0 saturated heterocycles. The summed E-state index contributed by atoms with van der Waals surface area (Å²) in [7, 11) is 1.49. The Hall–Kier alpha value is -1.40. The van der Waals surface area contributed by atoms with Gasteiger partial charge in [-0.3, -0.25) is 9.59 Å². The molecule has 0 amide bonds. The number of aliphatic hydroxyl groups excluding tert-OH is 1. The van der Waals surface area contributed by atoms with Crippen molar-refractivity contribution in [2.45, 2.75) is 125 Å². The first-order valence-corrected chi connectivity index (χ1v) is 15.3. The van der Waals surface area contributed by atoms with Crippen LogP contribution in [0.25, 0.3) is 0 Å². The van der Waals surface area contributed by atoms with E-state index in [1.807, 2.05) is 6.92 Å². The maximum atomic E-state index is 13.5. The molecular formula is C33H52O6. The molecule has 11 atom stereocenters. The molecule has 0 aromatic heterocycles. The zero-order valence-corrected chi connectivity index (χ0v) is 25.7. The number of carbonyl (C=O) groups excluding carboxylic acids is 2. The van der Waals surface area contributed by atoms with E-state index in [0.29, 0.717) is 18.3 Å². The van der Waals surface area contributed by atoms with Gasteiger partial charge in [0.05, 0.1) is 24.2 Å². The van der Waals surface area contributed by atoms with Crippen LogP contribution in [-0.4, -0.2) is 47.1 Å². The number of ether oxygens (including phenoxy) is 2. The standard InChI is InChI=1S/C33H52O6/c1-19-12-15-33(27(36)38-9)17-16-30(6)21(25(33)32(19,8)37)10-11-24-29(5)18-22(35)26(39-20(2)34)28(3,4)23(29)13-14-31(24,30)7/h10,19,22-26,35,37H,11-18H2,1-9H3. The van der Waals surface area contributed by atoms with Gasteiger partial charge >= 0.3 is 11.9 Å². The maximum Gasteiger partial charge on any atom is 0.312 e. The van der Waals surface area contributed by atoms with Crippen LogP contribution in [0.15, 0.2) is 11.6 Å². The lowest BCUT2D eigenvalue weighted by atomic mass is 9.33. The Balaban J connectivity index is 1.61. The van der Waals surface area contributed by atoms with Crippen LogP contribution >= 0.6 is 0 Å². The third kappa shape index (κ3) is 3.58. The van der Waals surface area contributed by atoms with Crippen molar-refractivity contribution >= 4 is 11.9 Å². The molecule has 220 valence electrons. The summed E-state index contributed by atoms with van der Waals surface area (Å²) in [5, 5.41) is 23.5. The largest absolute Gasteiger partial charge is 0.469 e. The van der Waals surface area contributed by atoms with E-state index < -0.39 is 23.2 Å². The monoisotopic (exact) mass is 544 g/mol. The van der Waals surface area contributed by atoms with E-state index in [0.717, 1.165) is 44.9 Å². The number of esters is 2. The van der Waals surface area contributed by atoms with Gasteiger partial charge in [-0.05, 0) is 92.3 Å². The summed E-state index contributed by atoms with van der Waals surface area (Å²) in [5.74, 6) is -0.0237. The molecule has 0 bridgehead atoms. The van der Waals surface area contributed by atoms with E-state index in [1.54, 1.807) is 0 Å². The molecular weight excluding hydrogens is 492 g/mol. The maximum absolute atomic E-state index is 13.5. The lowest BCUT2D eigenvalue weighted by Gasteiger charge is -2.72. The molecule has 0 spiro atoms. The van der Waals surface area contributed by atoms with Crippen molar-refractivity contribution in [1.29, 1.82) is 0 Å². The molecule has 4 saturated carbocycles. The van der Waals surface area contributed by atoms with Crippen LogP contribution in [0.5, 0.6) is 0 Å². The Bertz CT molecular complexity index is 1080. The summed E-state index contributed by atoms with van der Waals surface area (Å²) in [6, 6.07) is 0. The van der Waals surface area contributed by atoms with Gasteiger partial charge < -0.3 is 19.7 Å². The number of hydrogen-bond acceptors (Lipinski definition) is 6. The number of fused-ring (bicyclic) bond motifs is 7. The molecule has 6 nitrogen and oxygen atoms in total. The van der Waals surface area contributed by atoms with Crippen molar-refractivity contribution in [3.05, 3.63) is 11.6 Å². The van der Waals surface area contributed by atoms with Crippen molar-refractivity contribution in [1.82, 2.24) is 0 Å². The van der Waals surface area contributed by atoms with Gasteiger partial charge in [0.2, 0.25) is 0 Å². The minimum Gasteiger partial charge on any atom is -0.469 e. The van der Waals surface area contributed by atoms with Crippen LogP contribution in [0.2, 0.25) is 0 Å². The van der Waals surface area contributed by atoms with Gasteiger partial charge in [-0.15, -0.1) is 0 Å². The van der Waals surface area contributed by atoms with Crippen LogP contribution in [0.1, 0.15) is 107 Å². The van der Waals surface area contributed by atoms with Crippen molar-refractivity contribution in [2.24, 2.45) is 50.7 Å². The van der Waals surface area contributed by atoms with Gasteiger partial charge in [-0.25, -0.2) is 0 Å². The number of carbonyl (C=O) groups is 2. The van der Waals surface area contributed by atoms with E-state index in [1.165, 1.54) is 19.6 Å². The fraction of sp³-hybridized carbons (Fsp3) is 0.879. The van der Waals surface area contributed by atoms with Crippen LogP contribution in [0.4, 0.5) is 0 Å². The van der Waals surface area contributed by atoms with E-state index in [-0.39, 0.29) is 45.4 Å². The van der Waals surface area contributed by atoms with Gasteiger partial charge in [0.15, 0.2) is 0 Å². The Morgan fingerprint density at radius 3 is 2.26 bits per heavy atom. The van der Waals surface area contributed by atoms with Gasteiger partial charge in [0.25, 0.3) is 0 Å². The number of allylic oxidation sites excluding steroid dienone is 1. The quantitative estimate of drug-likeness (QED) is 0.335. The molecule has 4 fully saturated rings. The second-order valence-corrected chi connectivity index (χ2v) is 15.7. The first kappa shape index (κ1) is 29.1. The number of hydrogen-bond donors (Lipinski definition) is 2. The molecule has 39 heavy (non-hydrogen) atoms. The minimum absolute atomic E-state index is 0.0502. The van der Waals surface area contributed by atoms with Gasteiger partial charge in [0.1, 0.15) is 6.10 Å². The third-order valence-corrected chi connectivity index (χ3v) is 13.8. The zero-order valence-electron chi connectivity index (χ0n) is 25.7. The smallest absolute Gasteiger partial charge is 0.312 e. The van der Waals surface area contributed by atoms with Gasteiger partial charge in [0, 0.05) is 18.3 Å². The van der Waals surface area contributed by atoms with E-state index in [9.17, 15) is 19.8 Å². The van der Waals surface area contributed by atoms with Crippen molar-refractivity contribution in [3.8, 4) is 0 Å². The minimum atomic E-state index is -0.996. The second-order valence-electron chi connectivity index (χ2n) is 15.7. The topological polar surface area (TPSA) is 93.1 Å². The lowest BCUT2D eigenvalue weighted by molar-refractivity contribution is -0.243. The number of aliphatic hydroxyl groups is 2. The van der Waals surface area contributed by atoms with Crippen molar-refractivity contribution in [2.75, 3.05) is 7.11 Å². The van der Waals surface area contributed by atoms with Crippen molar-refractivity contribution in [3.63, 3.8) is 0 Å². The molecule has 5 rings (SSSR count). The fourth-order valence-corrected chi connectivity index (χ4v) is 11.6. The molecule has 5 aliphatic carbocycles. The summed E-state index contributed by atoms with van der Waals surface area (Å²) in [6.45, 7) is 17.1. The van der Waals surface area contributed by atoms with E-state index in [4.69, 9.17) is 9.47 Å². The normalized spacial score (nSPS) is 52.2. The average molecular weight is 545 g/mol. The van der Waals surface area contributed by atoms with E-state index in [2.05, 4.69) is 47.6 Å². The molecule has 0 aromatic rings. The molecule has 0 radical (unpaired) electrons. The Morgan fingerprint density at radius 2 is 1.64 bits per heavy atom.